The smallest absolute Gasteiger partial charge is 0.231 e. The topological polar surface area (TPSA) is 231 Å². The van der Waals surface area contributed by atoms with Crippen molar-refractivity contribution in [1.82, 2.24) is 0 Å². The van der Waals surface area contributed by atoms with Crippen LogP contribution >= 0.6 is 0 Å². The maximum Gasteiger partial charge on any atom is 0.231 e. The number of rotatable bonds is 2. The van der Waals surface area contributed by atoms with E-state index in [2.05, 4.69) is 27.0 Å². The molecule has 0 aliphatic heterocycles. The normalized spacial score (nSPS) is 9.57. The minimum absolute atomic E-state index is 0. The minimum Gasteiger partial charge on any atom is -0.725 e. The Morgan fingerprint density at radius 2 is 1.00 bits per heavy atom. The van der Waals surface area contributed by atoms with Crippen molar-refractivity contribution in [2.45, 2.75) is 0 Å². The van der Waals surface area contributed by atoms with Gasteiger partial charge < -0.3 is 9.11 Å². The van der Waals surface area contributed by atoms with Crippen molar-refractivity contribution in [3.05, 3.63) is 0 Å². The van der Waals surface area contributed by atoms with Crippen molar-refractivity contribution in [2.24, 2.45) is 11.7 Å². The molecule has 10 N–H and O–H groups in total. The summed E-state index contributed by atoms with van der Waals surface area (Å²) in [6.07, 6.45) is 0. The Labute approximate surface area is 91.1 Å². The maximum absolute atomic E-state index is 9.29. The summed E-state index contributed by atoms with van der Waals surface area (Å²) in [7, 11) is -10.9. The van der Waals surface area contributed by atoms with E-state index in [9.17, 15) is 25.9 Å². The molecule has 0 amide bonds. The van der Waals surface area contributed by atoms with Crippen LogP contribution in [0.2, 0.25) is 0 Å². The fraction of sp³-hybridized carbons (Fsp3) is 0. The van der Waals surface area contributed by atoms with Crippen molar-refractivity contribution in [2.75, 3.05) is 0 Å². The average molecular weight is 306 g/mol. The first-order chi connectivity index (χ1) is 5.71. The van der Waals surface area contributed by atoms with Crippen molar-refractivity contribution >= 4 is 20.8 Å². The van der Waals surface area contributed by atoms with E-state index in [1.165, 1.54) is 0 Å². The van der Waals surface area contributed by atoms with Gasteiger partial charge in [-0.1, -0.05) is 0 Å². The van der Waals surface area contributed by atoms with Gasteiger partial charge in [0.1, 0.15) is 0 Å². The Hall–Kier alpha value is 0.139. The van der Waals surface area contributed by atoms with E-state index in [0.29, 0.717) is 0 Å². The summed E-state index contributed by atoms with van der Waals surface area (Å²) in [5.74, 6) is 14.0. The van der Waals surface area contributed by atoms with E-state index in [4.69, 9.17) is 0 Å². The molecule has 0 spiro atoms. The molecule has 0 saturated heterocycles. The molecule has 0 atom stereocenters. The van der Waals surface area contributed by atoms with Crippen LogP contribution in [0.3, 0.4) is 0 Å². The van der Waals surface area contributed by atoms with Gasteiger partial charge in [-0.2, -0.15) is 15.3 Å². The van der Waals surface area contributed by atoms with Crippen LogP contribution in [0.5, 0.6) is 0 Å². The second kappa shape index (κ2) is 11.2. The zero-order valence-corrected chi connectivity index (χ0v) is 9.12. The van der Waals surface area contributed by atoms with Gasteiger partial charge in [0.25, 0.3) is 0 Å². The van der Waals surface area contributed by atoms with E-state index in [1.807, 2.05) is 0 Å². The van der Waals surface area contributed by atoms with Crippen LogP contribution in [0.1, 0.15) is 0 Å². The SMILES string of the molecule is N[NH3+].N[NH3+].O=S(=O)([O-])OS(=O)(=O)[O-].[Cu]. The first kappa shape index (κ1) is 23.7. The van der Waals surface area contributed by atoms with Gasteiger partial charge >= 0.3 is 0 Å². The van der Waals surface area contributed by atoms with E-state index < -0.39 is 20.8 Å². The molecule has 95 valence electrons. The summed E-state index contributed by atoms with van der Waals surface area (Å²) in [4.78, 5) is 0. The predicted molar refractivity (Wildman–Crippen MR) is 34.6 cm³/mol. The fourth-order valence-electron chi connectivity index (χ4n) is 0.102. The Balaban J connectivity index is -0.0000000883. The molecule has 0 fully saturated rings. The number of hydrogen-bond acceptors (Lipinski definition) is 9. The molecule has 0 aromatic rings. The average Bonchev–Trinajstić information content (AvgIpc) is 1.88. The zero-order valence-electron chi connectivity index (χ0n) is 6.54. The number of nitrogens with two attached hydrogens (primary N) is 2. The third-order valence-electron chi connectivity index (χ3n) is 0.167. The molecule has 14 heteroatoms. The molecule has 0 unspecified atom stereocenters. The van der Waals surface area contributed by atoms with Crippen molar-refractivity contribution < 1.29 is 58.3 Å². The quantitative estimate of drug-likeness (QED) is 0.125. The molecule has 11 nitrogen and oxygen atoms in total. The van der Waals surface area contributed by atoms with Crippen LogP contribution in [-0.4, -0.2) is 25.9 Å². The Morgan fingerprint density at radius 3 is 1.00 bits per heavy atom. The molecule has 0 rings (SSSR count). The second-order valence-electron chi connectivity index (χ2n) is 0.885. The summed E-state index contributed by atoms with van der Waals surface area (Å²) >= 11 is 0. The van der Waals surface area contributed by atoms with Gasteiger partial charge in [0, 0.05) is 17.1 Å². The monoisotopic (exact) mass is 305 g/mol. The Bertz CT molecular complexity index is 249. The van der Waals surface area contributed by atoms with Crippen LogP contribution < -0.4 is 23.4 Å². The van der Waals surface area contributed by atoms with Crippen LogP contribution in [0, 0.1) is 0 Å². The van der Waals surface area contributed by atoms with E-state index in [1.54, 1.807) is 0 Å². The molecule has 0 aliphatic rings. The van der Waals surface area contributed by atoms with Crippen molar-refractivity contribution in [3.8, 4) is 0 Å². The third-order valence-corrected chi connectivity index (χ3v) is 1.50. The van der Waals surface area contributed by atoms with Crippen LogP contribution in [0.15, 0.2) is 0 Å². The molecule has 14 heavy (non-hydrogen) atoms. The van der Waals surface area contributed by atoms with Gasteiger partial charge in [-0.05, 0) is 0 Å². The summed E-state index contributed by atoms with van der Waals surface area (Å²) in [5.41, 5.74) is 0. The summed E-state index contributed by atoms with van der Waals surface area (Å²) in [5, 5.41) is 0. The van der Waals surface area contributed by atoms with E-state index in [-0.39, 0.29) is 17.1 Å². The molecule has 0 aromatic carbocycles. The molecule has 1 radical (unpaired) electrons. The third kappa shape index (κ3) is 40.0. The summed E-state index contributed by atoms with van der Waals surface area (Å²) in [6.45, 7) is 0. The van der Waals surface area contributed by atoms with E-state index >= 15 is 0 Å². The van der Waals surface area contributed by atoms with Gasteiger partial charge in [-0.15, -0.1) is 0 Å². The van der Waals surface area contributed by atoms with Crippen LogP contribution in [-0.2, 0) is 41.5 Å². The van der Waals surface area contributed by atoms with Gasteiger partial charge in [-0.3, -0.25) is 11.7 Å². The first-order valence-corrected chi connectivity index (χ1v) is 4.82. The zero-order chi connectivity index (χ0) is 11.7. The predicted octanol–water partition coefficient (Wildman–Crippen LogP) is -5.88. The Kier molecular flexibility index (Phi) is 19.0. The molecule has 0 heterocycles. The molecule has 0 aromatic heterocycles. The summed E-state index contributed by atoms with van der Waals surface area (Å²) < 4.78 is 58.2. The van der Waals surface area contributed by atoms with Gasteiger partial charge in [-0.25, -0.2) is 16.8 Å². The molecule has 0 bridgehead atoms. The van der Waals surface area contributed by atoms with Crippen molar-refractivity contribution in [3.63, 3.8) is 0 Å². The molecule has 0 aliphatic carbocycles. The second-order valence-corrected chi connectivity index (χ2v) is 3.06. The van der Waals surface area contributed by atoms with Crippen LogP contribution in [0.25, 0.3) is 0 Å². The fourth-order valence-corrected chi connectivity index (χ4v) is 0.919. The standard InChI is InChI=1S/Cu.2H4N2.H2O7S2/c;2*1-2;1-8(2,3)7-9(4,5)6/h;2*1-2H2;(H,1,2,3)(H,4,5,6). The van der Waals surface area contributed by atoms with Crippen LogP contribution in [0.4, 0.5) is 0 Å². The first-order valence-electron chi connectivity index (χ1n) is 2.15. The number of hydrogen-bond donors (Lipinski definition) is 4. The largest absolute Gasteiger partial charge is 0.725 e. The molecular formula is H10CuN4O7S2. The molecule has 0 saturated carbocycles. The van der Waals surface area contributed by atoms with Gasteiger partial charge in [0.15, 0.2) is 0 Å². The summed E-state index contributed by atoms with van der Waals surface area (Å²) in [6, 6.07) is 0. The number of quaternary nitrogens is 2. The van der Waals surface area contributed by atoms with Gasteiger partial charge in [0.05, 0.1) is 0 Å². The van der Waals surface area contributed by atoms with Gasteiger partial charge in [0.2, 0.25) is 20.8 Å². The van der Waals surface area contributed by atoms with Crippen molar-refractivity contribution in [1.29, 1.82) is 0 Å². The molecular weight excluding hydrogens is 296 g/mol. The minimum atomic E-state index is -5.43. The van der Waals surface area contributed by atoms with E-state index in [0.717, 1.165) is 0 Å². The Morgan fingerprint density at radius 1 is 0.857 bits per heavy atom. The maximum atomic E-state index is 9.29.